The third kappa shape index (κ3) is 2.94. The van der Waals surface area contributed by atoms with Crippen molar-refractivity contribution in [3.05, 3.63) is 0 Å². The minimum Gasteiger partial charge on any atom is -0.341 e. The second-order valence-electron chi connectivity index (χ2n) is 3.40. The summed E-state index contributed by atoms with van der Waals surface area (Å²) in [5, 5.41) is 14.0. The van der Waals surface area contributed by atoms with E-state index in [2.05, 4.69) is 16.7 Å². The molecule has 0 spiro atoms. The molecular formula is C9H15N3O. The van der Waals surface area contributed by atoms with Crippen molar-refractivity contribution in [1.29, 1.82) is 5.26 Å². The number of carbonyl (C=O) groups is 1. The van der Waals surface area contributed by atoms with Gasteiger partial charge in [0.15, 0.2) is 0 Å². The molecule has 0 radical (unpaired) electrons. The molecule has 1 saturated carbocycles. The summed E-state index contributed by atoms with van der Waals surface area (Å²) >= 11 is 0. The van der Waals surface area contributed by atoms with E-state index in [1.807, 2.05) is 0 Å². The molecule has 1 rings (SSSR count). The van der Waals surface area contributed by atoms with Gasteiger partial charge in [-0.15, -0.1) is 0 Å². The zero-order valence-corrected chi connectivity index (χ0v) is 7.84. The molecule has 0 atom stereocenters. The van der Waals surface area contributed by atoms with Crippen molar-refractivity contribution in [2.75, 3.05) is 7.05 Å². The van der Waals surface area contributed by atoms with Crippen LogP contribution >= 0.6 is 0 Å². The van der Waals surface area contributed by atoms with Crippen LogP contribution in [0.4, 0.5) is 4.79 Å². The molecule has 1 fully saturated rings. The first-order valence-corrected chi connectivity index (χ1v) is 4.64. The van der Waals surface area contributed by atoms with Crippen molar-refractivity contribution in [2.24, 2.45) is 5.92 Å². The number of nitrogens with zero attached hydrogens (tertiary/aromatic N) is 1. The summed E-state index contributed by atoms with van der Waals surface area (Å²) in [5.74, 6) is 0.197. The zero-order valence-electron chi connectivity index (χ0n) is 7.84. The summed E-state index contributed by atoms with van der Waals surface area (Å²) in [4.78, 5) is 10.9. The van der Waals surface area contributed by atoms with Crippen molar-refractivity contribution in [1.82, 2.24) is 10.6 Å². The molecule has 0 aromatic rings. The topological polar surface area (TPSA) is 64.9 Å². The number of hydrogen-bond acceptors (Lipinski definition) is 2. The number of hydrogen-bond donors (Lipinski definition) is 2. The Balaban J connectivity index is 2.26. The highest BCUT2D eigenvalue weighted by Gasteiger charge is 2.21. The van der Waals surface area contributed by atoms with Crippen molar-refractivity contribution >= 4 is 6.03 Å². The van der Waals surface area contributed by atoms with Gasteiger partial charge in [0.05, 0.1) is 6.07 Å². The van der Waals surface area contributed by atoms with Gasteiger partial charge in [0.25, 0.3) is 0 Å². The zero-order chi connectivity index (χ0) is 9.68. The number of nitrogens with one attached hydrogen (secondary N) is 2. The Labute approximate surface area is 78.3 Å². The second kappa shape index (κ2) is 4.70. The average molecular weight is 181 g/mol. The molecule has 1 aliphatic rings. The second-order valence-corrected chi connectivity index (χ2v) is 3.40. The summed E-state index contributed by atoms with van der Waals surface area (Å²) in [5.41, 5.74) is 0. The molecule has 72 valence electrons. The van der Waals surface area contributed by atoms with Crippen LogP contribution in [0.25, 0.3) is 0 Å². The van der Waals surface area contributed by atoms with Gasteiger partial charge >= 0.3 is 6.03 Å². The van der Waals surface area contributed by atoms with E-state index < -0.39 is 0 Å². The quantitative estimate of drug-likeness (QED) is 0.633. The van der Waals surface area contributed by atoms with Crippen LogP contribution in [0.5, 0.6) is 0 Å². The number of carbonyl (C=O) groups excluding carboxylic acids is 1. The van der Waals surface area contributed by atoms with Crippen LogP contribution in [0, 0.1) is 17.2 Å². The summed E-state index contributed by atoms with van der Waals surface area (Å²) in [7, 11) is 1.61. The van der Waals surface area contributed by atoms with E-state index in [4.69, 9.17) is 5.26 Å². The van der Waals surface area contributed by atoms with Gasteiger partial charge in [-0.1, -0.05) is 0 Å². The van der Waals surface area contributed by atoms with E-state index in [1.165, 1.54) is 0 Å². The maximum absolute atomic E-state index is 10.9. The number of urea groups is 1. The molecule has 0 saturated heterocycles. The molecule has 4 nitrogen and oxygen atoms in total. The number of rotatable bonds is 1. The SMILES string of the molecule is CNC(=O)NC1CCC(C#N)CC1. The fourth-order valence-electron chi connectivity index (χ4n) is 1.62. The Bertz CT molecular complexity index is 213. The summed E-state index contributed by atoms with van der Waals surface area (Å²) in [6.07, 6.45) is 3.66. The Morgan fingerprint density at radius 1 is 1.38 bits per heavy atom. The lowest BCUT2D eigenvalue weighted by atomic mass is 9.87. The summed E-state index contributed by atoms with van der Waals surface area (Å²) in [6, 6.07) is 2.39. The van der Waals surface area contributed by atoms with Gasteiger partial charge in [0, 0.05) is 19.0 Å². The van der Waals surface area contributed by atoms with Crippen molar-refractivity contribution < 1.29 is 4.79 Å². The molecule has 2 N–H and O–H groups in total. The minimum atomic E-state index is -0.125. The van der Waals surface area contributed by atoms with E-state index in [0.717, 1.165) is 25.7 Å². The summed E-state index contributed by atoms with van der Waals surface area (Å²) < 4.78 is 0. The third-order valence-electron chi connectivity index (χ3n) is 2.47. The van der Waals surface area contributed by atoms with Gasteiger partial charge in [0.1, 0.15) is 0 Å². The van der Waals surface area contributed by atoms with Gasteiger partial charge < -0.3 is 10.6 Å². The average Bonchev–Trinajstić information content (AvgIpc) is 2.19. The maximum Gasteiger partial charge on any atom is 0.314 e. The number of nitriles is 1. The maximum atomic E-state index is 10.9. The highest BCUT2D eigenvalue weighted by molar-refractivity contribution is 5.73. The monoisotopic (exact) mass is 181 g/mol. The Morgan fingerprint density at radius 2 is 2.00 bits per heavy atom. The van der Waals surface area contributed by atoms with E-state index in [-0.39, 0.29) is 18.0 Å². The van der Waals surface area contributed by atoms with E-state index >= 15 is 0 Å². The molecule has 1 aliphatic carbocycles. The molecule has 0 aliphatic heterocycles. The van der Waals surface area contributed by atoms with Gasteiger partial charge in [-0.3, -0.25) is 0 Å². The minimum absolute atomic E-state index is 0.125. The molecule has 4 heteroatoms. The van der Waals surface area contributed by atoms with Gasteiger partial charge in [-0.25, -0.2) is 4.79 Å². The highest BCUT2D eigenvalue weighted by atomic mass is 16.2. The molecule has 0 bridgehead atoms. The molecule has 0 unspecified atom stereocenters. The molecular weight excluding hydrogens is 166 g/mol. The van der Waals surface area contributed by atoms with E-state index in [0.29, 0.717) is 0 Å². The summed E-state index contributed by atoms with van der Waals surface area (Å²) in [6.45, 7) is 0. The van der Waals surface area contributed by atoms with Gasteiger partial charge in [-0.2, -0.15) is 5.26 Å². The lowest BCUT2D eigenvalue weighted by molar-refractivity contribution is 0.232. The largest absolute Gasteiger partial charge is 0.341 e. The fourth-order valence-corrected chi connectivity index (χ4v) is 1.62. The first-order chi connectivity index (χ1) is 6.26. The highest BCUT2D eigenvalue weighted by Crippen LogP contribution is 2.23. The van der Waals surface area contributed by atoms with Crippen molar-refractivity contribution in [3.8, 4) is 6.07 Å². The van der Waals surface area contributed by atoms with E-state index in [9.17, 15) is 4.79 Å². The van der Waals surface area contributed by atoms with Crippen LogP contribution in [0.1, 0.15) is 25.7 Å². The standard InChI is InChI=1S/C9H15N3O/c1-11-9(13)12-8-4-2-7(6-10)3-5-8/h7-8H,2-5H2,1H3,(H2,11,12,13). The van der Waals surface area contributed by atoms with Crippen molar-refractivity contribution in [2.45, 2.75) is 31.7 Å². The number of amides is 2. The van der Waals surface area contributed by atoms with Crippen LogP contribution in [0.3, 0.4) is 0 Å². The lowest BCUT2D eigenvalue weighted by Crippen LogP contribution is -2.42. The van der Waals surface area contributed by atoms with Gasteiger partial charge in [-0.05, 0) is 25.7 Å². The Hall–Kier alpha value is -1.24. The third-order valence-corrected chi connectivity index (χ3v) is 2.47. The van der Waals surface area contributed by atoms with E-state index in [1.54, 1.807) is 7.05 Å². The van der Waals surface area contributed by atoms with Gasteiger partial charge in [0.2, 0.25) is 0 Å². The smallest absolute Gasteiger partial charge is 0.314 e. The van der Waals surface area contributed by atoms with Crippen LogP contribution in [-0.4, -0.2) is 19.1 Å². The van der Waals surface area contributed by atoms with Crippen LogP contribution in [0.2, 0.25) is 0 Å². The molecule has 13 heavy (non-hydrogen) atoms. The molecule has 0 aromatic heterocycles. The predicted molar refractivity (Wildman–Crippen MR) is 49.0 cm³/mol. The Morgan fingerprint density at radius 3 is 2.46 bits per heavy atom. The van der Waals surface area contributed by atoms with Crippen LogP contribution < -0.4 is 10.6 Å². The molecule has 0 aromatic carbocycles. The first kappa shape index (κ1) is 9.85. The van der Waals surface area contributed by atoms with Crippen LogP contribution in [0.15, 0.2) is 0 Å². The fraction of sp³-hybridized carbons (Fsp3) is 0.778. The normalized spacial score (nSPS) is 27.4. The molecule has 0 heterocycles. The predicted octanol–water partition coefficient (Wildman–Crippen LogP) is 0.998. The Kier molecular flexibility index (Phi) is 3.56. The molecule has 2 amide bonds. The lowest BCUT2D eigenvalue weighted by Gasteiger charge is -2.25. The first-order valence-electron chi connectivity index (χ1n) is 4.64. The van der Waals surface area contributed by atoms with Crippen molar-refractivity contribution in [3.63, 3.8) is 0 Å². The van der Waals surface area contributed by atoms with Crippen LogP contribution in [-0.2, 0) is 0 Å².